The van der Waals surface area contributed by atoms with Gasteiger partial charge in [-0.05, 0) is 49.4 Å². The third kappa shape index (κ3) is 72.8. The molecule has 17 nitrogen and oxygen atoms in total. The lowest BCUT2D eigenvalue weighted by Crippen LogP contribution is -2.30. The monoisotopic (exact) mass is 1450 g/mol. The van der Waals surface area contributed by atoms with Gasteiger partial charge in [0.1, 0.15) is 19.3 Å². The molecule has 19 heteroatoms. The van der Waals surface area contributed by atoms with Crippen LogP contribution in [0.25, 0.3) is 0 Å². The number of aliphatic hydroxyl groups is 1. The van der Waals surface area contributed by atoms with Gasteiger partial charge in [-0.25, -0.2) is 9.13 Å². The van der Waals surface area contributed by atoms with E-state index in [0.717, 1.165) is 114 Å². The van der Waals surface area contributed by atoms with E-state index in [1.165, 1.54) is 205 Å². The molecule has 0 radical (unpaired) electrons. The van der Waals surface area contributed by atoms with Crippen LogP contribution in [-0.2, 0) is 65.4 Å². The maximum absolute atomic E-state index is 13.1. The first kappa shape index (κ1) is 97.1. The van der Waals surface area contributed by atoms with Crippen LogP contribution in [0.3, 0.4) is 0 Å². The molecule has 0 aliphatic rings. The topological polar surface area (TPSA) is 237 Å². The number of rotatable bonds is 77. The van der Waals surface area contributed by atoms with Crippen LogP contribution < -0.4 is 0 Å². The summed E-state index contributed by atoms with van der Waals surface area (Å²) in [5, 5.41) is 10.6. The molecule has 3 N–H and O–H groups in total. The maximum Gasteiger partial charge on any atom is 0.472 e. The number of phosphoric ester groups is 2. The smallest absolute Gasteiger partial charge is 0.462 e. The molecule has 0 bridgehead atoms. The zero-order valence-corrected chi connectivity index (χ0v) is 66.9. The van der Waals surface area contributed by atoms with Crippen LogP contribution in [-0.4, -0.2) is 96.7 Å². The van der Waals surface area contributed by atoms with E-state index in [0.29, 0.717) is 31.6 Å². The van der Waals surface area contributed by atoms with E-state index in [4.69, 9.17) is 37.0 Å². The Kier molecular flexibility index (Phi) is 67.8. The highest BCUT2D eigenvalue weighted by atomic mass is 31.2. The molecule has 0 spiro atoms. The third-order valence-corrected chi connectivity index (χ3v) is 20.8. The van der Waals surface area contributed by atoms with Gasteiger partial charge in [0.25, 0.3) is 0 Å². The van der Waals surface area contributed by atoms with Gasteiger partial charge < -0.3 is 33.8 Å². The lowest BCUT2D eigenvalue weighted by Gasteiger charge is -2.21. The van der Waals surface area contributed by atoms with E-state index in [1.54, 1.807) is 0 Å². The summed E-state index contributed by atoms with van der Waals surface area (Å²) >= 11 is 0. The highest BCUT2D eigenvalue weighted by Crippen LogP contribution is 2.45. The number of carbonyl (C=O) groups excluding carboxylic acids is 4. The first-order chi connectivity index (χ1) is 47.6. The normalized spacial score (nSPS) is 14.3. The summed E-state index contributed by atoms with van der Waals surface area (Å²) in [6.07, 6.45) is 55.8. The van der Waals surface area contributed by atoms with Crippen LogP contribution >= 0.6 is 15.6 Å². The van der Waals surface area contributed by atoms with Crippen molar-refractivity contribution >= 4 is 39.5 Å². The fourth-order valence-electron chi connectivity index (χ4n) is 12.2. The summed E-state index contributed by atoms with van der Waals surface area (Å²) in [4.78, 5) is 72.9. The predicted molar refractivity (Wildman–Crippen MR) is 404 cm³/mol. The third-order valence-electron chi connectivity index (χ3n) is 18.9. The highest BCUT2D eigenvalue weighted by molar-refractivity contribution is 7.47. The molecule has 0 aliphatic heterocycles. The van der Waals surface area contributed by atoms with Gasteiger partial charge >= 0.3 is 39.5 Å². The minimum Gasteiger partial charge on any atom is -0.462 e. The van der Waals surface area contributed by atoms with Crippen molar-refractivity contribution in [2.24, 2.45) is 23.7 Å². The van der Waals surface area contributed by atoms with Gasteiger partial charge in [-0.15, -0.1) is 0 Å². The van der Waals surface area contributed by atoms with E-state index in [-0.39, 0.29) is 25.7 Å². The average Bonchev–Trinajstić information content (AvgIpc) is 0.991. The van der Waals surface area contributed by atoms with Crippen LogP contribution in [0.2, 0.25) is 0 Å². The van der Waals surface area contributed by atoms with Crippen molar-refractivity contribution in [3.8, 4) is 0 Å². The summed E-state index contributed by atoms with van der Waals surface area (Å²) in [5.74, 6) is 0.953. The van der Waals surface area contributed by atoms with Gasteiger partial charge in [-0.1, -0.05) is 357 Å². The first-order valence-corrected chi connectivity index (χ1v) is 44.2. The molecule has 0 fully saturated rings. The van der Waals surface area contributed by atoms with Crippen molar-refractivity contribution in [1.82, 2.24) is 0 Å². The molecule has 99 heavy (non-hydrogen) atoms. The van der Waals surface area contributed by atoms with E-state index in [9.17, 15) is 43.2 Å². The quantitative estimate of drug-likeness (QED) is 0.0222. The van der Waals surface area contributed by atoms with E-state index in [2.05, 4.69) is 55.4 Å². The fraction of sp³-hybridized carbons (Fsp3) is 0.950. The number of hydrogen-bond donors (Lipinski definition) is 3. The van der Waals surface area contributed by atoms with E-state index >= 15 is 0 Å². The Hall–Kier alpha value is -1.94. The molecule has 0 aromatic rings. The molecule has 0 heterocycles. The zero-order valence-electron chi connectivity index (χ0n) is 65.1. The average molecular weight is 1450 g/mol. The number of esters is 4. The van der Waals surface area contributed by atoms with Gasteiger partial charge in [0, 0.05) is 25.7 Å². The second-order valence-corrected chi connectivity index (χ2v) is 33.4. The molecule has 0 aliphatic carbocycles. The minimum absolute atomic E-state index is 0.106. The predicted octanol–water partition coefficient (Wildman–Crippen LogP) is 23.6. The summed E-state index contributed by atoms with van der Waals surface area (Å²) in [7, 11) is -9.92. The molecular weight excluding hydrogens is 1290 g/mol. The van der Waals surface area contributed by atoms with Crippen molar-refractivity contribution in [2.45, 2.75) is 427 Å². The van der Waals surface area contributed by atoms with Crippen LogP contribution in [0.1, 0.15) is 409 Å². The number of aliphatic hydroxyl groups excluding tert-OH is 1. The molecule has 0 saturated heterocycles. The summed E-state index contributed by atoms with van der Waals surface area (Å²) < 4.78 is 68.6. The molecule has 6 atom stereocenters. The van der Waals surface area contributed by atoms with Gasteiger partial charge in [-0.3, -0.25) is 37.3 Å². The SMILES string of the molecule is CCC(C)CCCCCCCCCCCCCCCCCCCCC(=O)O[C@H](COC(=O)CCCCCCCCCCC(C)C)COP(=O)(O)OC[C@@H](O)COP(=O)(O)OC[C@@H](COC(=O)CCCCCCCCC(C)C)OC(=O)CCCCCCCCCCCCCCCCC(C)C. The van der Waals surface area contributed by atoms with Crippen molar-refractivity contribution in [3.05, 3.63) is 0 Å². The van der Waals surface area contributed by atoms with Gasteiger partial charge in [0.05, 0.1) is 26.4 Å². The lowest BCUT2D eigenvalue weighted by molar-refractivity contribution is -0.161. The first-order valence-electron chi connectivity index (χ1n) is 41.2. The van der Waals surface area contributed by atoms with Crippen LogP contribution in [0.4, 0.5) is 0 Å². The van der Waals surface area contributed by atoms with Crippen molar-refractivity contribution in [3.63, 3.8) is 0 Å². The number of unbranched alkanes of at least 4 members (excludes halogenated alkanes) is 42. The Morgan fingerprint density at radius 3 is 0.717 bits per heavy atom. The Labute approximate surface area is 607 Å². The van der Waals surface area contributed by atoms with Gasteiger partial charge in [0.15, 0.2) is 12.2 Å². The van der Waals surface area contributed by atoms with Gasteiger partial charge in [-0.2, -0.15) is 0 Å². The van der Waals surface area contributed by atoms with Crippen LogP contribution in [0.5, 0.6) is 0 Å². The second kappa shape index (κ2) is 69.1. The van der Waals surface area contributed by atoms with Crippen LogP contribution in [0, 0.1) is 23.7 Å². The van der Waals surface area contributed by atoms with Crippen molar-refractivity contribution < 1.29 is 80.2 Å². The lowest BCUT2D eigenvalue weighted by atomic mass is 9.99. The largest absolute Gasteiger partial charge is 0.472 e. The van der Waals surface area contributed by atoms with Crippen molar-refractivity contribution in [2.75, 3.05) is 39.6 Å². The van der Waals surface area contributed by atoms with Gasteiger partial charge in [0.2, 0.25) is 0 Å². The molecule has 0 rings (SSSR count). The summed E-state index contributed by atoms with van der Waals surface area (Å²) in [5.41, 5.74) is 0. The molecule has 588 valence electrons. The van der Waals surface area contributed by atoms with Crippen molar-refractivity contribution in [1.29, 1.82) is 0 Å². The Bertz CT molecular complexity index is 1940. The Balaban J connectivity index is 5.16. The molecule has 0 aromatic carbocycles. The van der Waals surface area contributed by atoms with E-state index in [1.807, 2.05) is 0 Å². The number of ether oxygens (including phenoxy) is 4. The minimum atomic E-state index is -4.96. The standard InChI is InChI=1S/C80H156O17P2/c1-9-73(8)59-51-43-34-27-23-19-14-12-10-11-13-15-20-24-28-36-46-54-62-79(84)96-75(66-90-77(82)60-52-44-35-31-30-33-41-49-57-71(4)5)68-94-98(86,87)92-64-74(81)65-93-99(88,89)95-69-76(67-91-78(83)61-53-45-39-38-42-50-58-72(6)7)97-80(85)63-55-47-37-29-25-21-17-16-18-22-26-32-40-48-56-70(2)3/h70-76,81H,9-69H2,1-8H3,(H,86,87)(H,88,89)/t73?,74-,75-,76-/m1/s1. The number of phosphoric acid groups is 2. The second-order valence-electron chi connectivity index (χ2n) is 30.5. The molecular formula is C80H156O17P2. The highest BCUT2D eigenvalue weighted by Gasteiger charge is 2.30. The maximum atomic E-state index is 13.1. The molecule has 3 unspecified atom stereocenters. The molecule has 0 aromatic heterocycles. The molecule has 0 saturated carbocycles. The van der Waals surface area contributed by atoms with Crippen LogP contribution in [0.15, 0.2) is 0 Å². The Morgan fingerprint density at radius 2 is 0.485 bits per heavy atom. The zero-order chi connectivity index (χ0) is 73.1. The summed E-state index contributed by atoms with van der Waals surface area (Å²) in [6.45, 7) is 14.2. The summed E-state index contributed by atoms with van der Waals surface area (Å²) in [6, 6.07) is 0. The van der Waals surface area contributed by atoms with E-state index < -0.39 is 97.5 Å². The molecule has 0 amide bonds. The number of carbonyl (C=O) groups is 4. The number of hydrogen-bond acceptors (Lipinski definition) is 15. The Morgan fingerprint density at radius 1 is 0.283 bits per heavy atom. The fourth-order valence-corrected chi connectivity index (χ4v) is 13.8.